The van der Waals surface area contributed by atoms with Crippen LogP contribution in [-0.2, 0) is 5.41 Å². The molecule has 3 heteroatoms. The van der Waals surface area contributed by atoms with E-state index in [2.05, 4.69) is 47.1 Å². The maximum Gasteiger partial charge on any atom is 0.271 e. The standard InChI is InChI=1S/C21H20N2O/c24-19(15-8-3-1-4-9-15)23-22-14-20-17-12-7-13-18(20)21(17,20)16-10-5-2-6-11-16/h1-6,8-11,14,17-18H,7,12-13H2,(H,23,24). The summed E-state index contributed by atoms with van der Waals surface area (Å²) in [6.45, 7) is 0. The van der Waals surface area contributed by atoms with Gasteiger partial charge in [0.05, 0.1) is 0 Å². The molecule has 0 spiro atoms. The minimum atomic E-state index is -0.139. The molecule has 3 fully saturated rings. The number of nitrogens with zero attached hydrogens (tertiary/aromatic N) is 1. The van der Waals surface area contributed by atoms with Crippen LogP contribution in [0, 0.1) is 17.3 Å². The molecule has 0 radical (unpaired) electrons. The summed E-state index contributed by atoms with van der Waals surface area (Å²) in [6.07, 6.45) is 5.94. The van der Waals surface area contributed by atoms with Gasteiger partial charge in [0.2, 0.25) is 0 Å². The van der Waals surface area contributed by atoms with Crippen molar-refractivity contribution in [1.29, 1.82) is 0 Å². The number of nitrogens with one attached hydrogen (secondary N) is 1. The number of hydrogen-bond acceptors (Lipinski definition) is 2. The summed E-state index contributed by atoms with van der Waals surface area (Å²) in [5.74, 6) is 1.28. The molecule has 2 unspecified atom stereocenters. The molecule has 0 heterocycles. The SMILES string of the molecule is O=C(NN=CC12C3CCCC1C32c1ccccc1)c1ccccc1. The van der Waals surface area contributed by atoms with Gasteiger partial charge in [-0.3, -0.25) is 4.79 Å². The predicted octanol–water partition coefficient (Wildman–Crippen LogP) is 3.77. The third kappa shape index (κ3) is 1.57. The van der Waals surface area contributed by atoms with Gasteiger partial charge in [-0.05, 0) is 42.4 Å². The minimum absolute atomic E-state index is 0.139. The maximum absolute atomic E-state index is 12.1. The van der Waals surface area contributed by atoms with Crippen LogP contribution in [0.15, 0.2) is 65.8 Å². The lowest BCUT2D eigenvalue weighted by Crippen LogP contribution is -2.23. The fourth-order valence-electron chi connectivity index (χ4n) is 5.61. The molecule has 0 saturated heterocycles. The quantitative estimate of drug-likeness (QED) is 0.677. The number of carbonyl (C=O) groups is 1. The van der Waals surface area contributed by atoms with Gasteiger partial charge in [-0.2, -0.15) is 5.10 Å². The summed E-state index contributed by atoms with van der Waals surface area (Å²) in [4.78, 5) is 12.1. The Bertz CT molecular complexity index is 800. The molecule has 3 nitrogen and oxygen atoms in total. The fourth-order valence-corrected chi connectivity index (χ4v) is 5.61. The van der Waals surface area contributed by atoms with Crippen LogP contribution in [0.1, 0.15) is 35.2 Å². The maximum atomic E-state index is 12.1. The van der Waals surface area contributed by atoms with Crippen molar-refractivity contribution in [2.24, 2.45) is 22.4 Å². The number of amides is 1. The summed E-state index contributed by atoms with van der Waals surface area (Å²) >= 11 is 0. The van der Waals surface area contributed by atoms with Gasteiger partial charge in [-0.1, -0.05) is 55.0 Å². The van der Waals surface area contributed by atoms with Crippen LogP contribution in [0.2, 0.25) is 0 Å². The van der Waals surface area contributed by atoms with Gasteiger partial charge in [-0.25, -0.2) is 5.43 Å². The van der Waals surface area contributed by atoms with Gasteiger partial charge < -0.3 is 0 Å². The molecule has 2 aromatic carbocycles. The zero-order chi connectivity index (χ0) is 16.2. The smallest absolute Gasteiger partial charge is 0.267 e. The van der Waals surface area contributed by atoms with Crippen LogP contribution < -0.4 is 5.43 Å². The second kappa shape index (κ2) is 4.79. The van der Waals surface area contributed by atoms with Gasteiger partial charge in [0.25, 0.3) is 5.91 Å². The zero-order valence-electron chi connectivity index (χ0n) is 13.5. The Morgan fingerprint density at radius 2 is 1.62 bits per heavy atom. The third-order valence-electron chi connectivity index (χ3n) is 6.52. The van der Waals surface area contributed by atoms with E-state index in [1.165, 1.54) is 24.8 Å². The van der Waals surface area contributed by atoms with Crippen LogP contribution in [-0.4, -0.2) is 12.1 Å². The Morgan fingerprint density at radius 1 is 1.00 bits per heavy atom. The summed E-state index contributed by atoms with van der Waals surface area (Å²) < 4.78 is 0. The molecule has 0 aromatic heterocycles. The number of benzene rings is 2. The van der Waals surface area contributed by atoms with Gasteiger partial charge in [0, 0.05) is 22.6 Å². The second-order valence-corrected chi connectivity index (χ2v) is 7.27. The molecule has 1 amide bonds. The van der Waals surface area contributed by atoms with E-state index >= 15 is 0 Å². The van der Waals surface area contributed by atoms with E-state index in [9.17, 15) is 4.79 Å². The third-order valence-corrected chi connectivity index (χ3v) is 6.52. The van der Waals surface area contributed by atoms with Crippen molar-refractivity contribution in [2.75, 3.05) is 0 Å². The van der Waals surface area contributed by atoms with Crippen LogP contribution in [0.25, 0.3) is 0 Å². The van der Waals surface area contributed by atoms with Crippen molar-refractivity contribution in [3.05, 3.63) is 71.8 Å². The van der Waals surface area contributed by atoms with Crippen molar-refractivity contribution in [2.45, 2.75) is 24.7 Å². The highest BCUT2D eigenvalue weighted by atomic mass is 16.2. The van der Waals surface area contributed by atoms with Crippen molar-refractivity contribution in [1.82, 2.24) is 5.43 Å². The lowest BCUT2D eigenvalue weighted by molar-refractivity contribution is 0.0955. The van der Waals surface area contributed by atoms with Crippen molar-refractivity contribution >= 4 is 12.1 Å². The van der Waals surface area contributed by atoms with Crippen LogP contribution in [0.5, 0.6) is 0 Å². The van der Waals surface area contributed by atoms with E-state index in [4.69, 9.17) is 0 Å². The van der Waals surface area contributed by atoms with Crippen LogP contribution >= 0.6 is 0 Å². The summed E-state index contributed by atoms with van der Waals surface area (Å²) in [6, 6.07) is 20.1. The van der Waals surface area contributed by atoms with Gasteiger partial charge in [0.15, 0.2) is 0 Å². The lowest BCUT2D eigenvalue weighted by Gasteiger charge is -2.27. The molecule has 3 saturated carbocycles. The molecule has 24 heavy (non-hydrogen) atoms. The fraction of sp³-hybridized carbons (Fsp3) is 0.333. The normalized spacial score (nSPS) is 35.3. The van der Waals surface area contributed by atoms with Crippen molar-refractivity contribution in [3.8, 4) is 0 Å². The number of rotatable bonds is 4. The van der Waals surface area contributed by atoms with Crippen molar-refractivity contribution in [3.63, 3.8) is 0 Å². The molecule has 2 atom stereocenters. The van der Waals surface area contributed by atoms with E-state index in [0.717, 1.165) is 0 Å². The largest absolute Gasteiger partial charge is 0.271 e. The first-order chi connectivity index (χ1) is 11.8. The number of hydrazone groups is 1. The molecule has 3 aliphatic rings. The highest BCUT2D eigenvalue weighted by molar-refractivity contribution is 5.95. The minimum Gasteiger partial charge on any atom is -0.267 e. The summed E-state index contributed by atoms with van der Waals surface area (Å²) in [5, 5.41) is 4.35. The van der Waals surface area contributed by atoms with Gasteiger partial charge in [0.1, 0.15) is 0 Å². The molecule has 1 N–H and O–H groups in total. The monoisotopic (exact) mass is 316 g/mol. The van der Waals surface area contributed by atoms with Gasteiger partial charge in [-0.15, -0.1) is 0 Å². The highest BCUT2D eigenvalue weighted by Gasteiger charge is 2.97. The van der Waals surface area contributed by atoms with Crippen LogP contribution in [0.3, 0.4) is 0 Å². The average molecular weight is 316 g/mol. The first-order valence-electron chi connectivity index (χ1n) is 8.77. The molecule has 0 aliphatic heterocycles. The zero-order valence-corrected chi connectivity index (χ0v) is 13.5. The Morgan fingerprint density at radius 3 is 2.29 bits per heavy atom. The summed E-state index contributed by atoms with van der Waals surface area (Å²) in [7, 11) is 0. The van der Waals surface area contributed by atoms with E-state index in [1.54, 1.807) is 12.1 Å². The number of hydrogen-bond donors (Lipinski definition) is 1. The molecule has 3 aliphatic carbocycles. The Kier molecular flexibility index (Phi) is 2.79. The molecule has 120 valence electrons. The van der Waals surface area contributed by atoms with E-state index in [-0.39, 0.29) is 11.3 Å². The van der Waals surface area contributed by atoms with E-state index < -0.39 is 0 Å². The highest BCUT2D eigenvalue weighted by Crippen LogP contribution is 2.96. The molecule has 2 aromatic rings. The molecule has 5 rings (SSSR count). The van der Waals surface area contributed by atoms with Crippen LogP contribution in [0.4, 0.5) is 0 Å². The Hall–Kier alpha value is -2.42. The molecular formula is C21H20N2O. The lowest BCUT2D eigenvalue weighted by atomic mass is 9.77. The average Bonchev–Trinajstić information content (AvgIpc) is 3.49. The molecule has 0 bridgehead atoms. The first kappa shape index (κ1) is 14.0. The van der Waals surface area contributed by atoms with Gasteiger partial charge >= 0.3 is 0 Å². The van der Waals surface area contributed by atoms with E-state index in [0.29, 0.717) is 22.8 Å². The number of carbonyl (C=O) groups excluding carboxylic acids is 1. The Labute approximate surface area is 141 Å². The first-order valence-corrected chi connectivity index (χ1v) is 8.77. The van der Waals surface area contributed by atoms with Crippen molar-refractivity contribution < 1.29 is 4.79 Å². The predicted molar refractivity (Wildman–Crippen MR) is 93.8 cm³/mol. The molecular weight excluding hydrogens is 296 g/mol. The summed E-state index contributed by atoms with van der Waals surface area (Å²) in [5.41, 5.74) is 5.33. The number of fused-ring (bicyclic) bond motifs is 2. The second-order valence-electron chi connectivity index (χ2n) is 7.27. The topological polar surface area (TPSA) is 41.5 Å². The van der Waals surface area contributed by atoms with E-state index in [1.807, 2.05) is 18.2 Å². The Balaban J connectivity index is 1.36.